The van der Waals surface area contributed by atoms with E-state index < -0.39 is 0 Å². The molecule has 0 aliphatic carbocycles. The van der Waals surface area contributed by atoms with E-state index in [1.807, 2.05) is 30.3 Å². The number of hydrogen-bond donors (Lipinski definition) is 1. The minimum Gasteiger partial charge on any atom is -0.367 e. The van der Waals surface area contributed by atoms with E-state index in [4.69, 9.17) is 12.2 Å². The van der Waals surface area contributed by atoms with E-state index in [2.05, 4.69) is 5.32 Å². The Hall–Kier alpha value is -2.18. The molecule has 1 fully saturated rings. The van der Waals surface area contributed by atoms with Gasteiger partial charge in [0.15, 0.2) is 0 Å². The number of carbonyl (C=O) groups is 1. The average molecular weight is 344 g/mol. The molecule has 1 aliphatic rings. The normalized spacial score (nSPS) is 16.2. The van der Waals surface area contributed by atoms with Crippen LogP contribution in [0.3, 0.4) is 0 Å². The molecule has 6 heteroatoms. The number of rotatable bonds is 4. The van der Waals surface area contributed by atoms with Crippen LogP contribution in [-0.4, -0.2) is 21.8 Å². The summed E-state index contributed by atoms with van der Waals surface area (Å²) in [5, 5.41) is 3.15. The predicted octanol–water partition coefficient (Wildman–Crippen LogP) is 4.10. The van der Waals surface area contributed by atoms with Crippen LogP contribution < -0.4 is 5.32 Å². The molecule has 3 rings (SSSR count). The van der Waals surface area contributed by atoms with Crippen molar-refractivity contribution in [3.05, 3.63) is 70.9 Å². The lowest BCUT2D eigenvalue weighted by Gasteiger charge is -2.16. The van der Waals surface area contributed by atoms with Crippen LogP contribution >= 0.6 is 24.0 Å². The second kappa shape index (κ2) is 6.93. The van der Waals surface area contributed by atoms with Crippen molar-refractivity contribution in [2.24, 2.45) is 0 Å². The molecule has 3 nitrogen and oxygen atoms in total. The highest BCUT2D eigenvalue weighted by Crippen LogP contribution is 2.32. The van der Waals surface area contributed by atoms with Crippen LogP contribution in [0.15, 0.2) is 59.5 Å². The first-order chi connectivity index (χ1) is 11.1. The van der Waals surface area contributed by atoms with Gasteiger partial charge >= 0.3 is 0 Å². The van der Waals surface area contributed by atoms with E-state index in [0.29, 0.717) is 14.8 Å². The van der Waals surface area contributed by atoms with Crippen LogP contribution in [0.5, 0.6) is 0 Å². The third-order valence-electron chi connectivity index (χ3n) is 3.28. The molecule has 0 atom stereocenters. The smallest absolute Gasteiger partial charge is 0.267 e. The SMILES string of the molecule is O=C1/C(=C/c2ccccc2F)SC(=S)N1CNc1ccccc1. The van der Waals surface area contributed by atoms with Crippen molar-refractivity contribution >= 4 is 46.0 Å². The summed E-state index contributed by atoms with van der Waals surface area (Å²) in [6, 6.07) is 15.9. The summed E-state index contributed by atoms with van der Waals surface area (Å²) in [6.07, 6.45) is 1.54. The van der Waals surface area contributed by atoms with Gasteiger partial charge in [0.25, 0.3) is 5.91 Å². The molecule has 0 spiro atoms. The van der Waals surface area contributed by atoms with Gasteiger partial charge in [-0.2, -0.15) is 0 Å². The third kappa shape index (κ3) is 3.60. The maximum absolute atomic E-state index is 13.7. The van der Waals surface area contributed by atoms with E-state index in [0.717, 1.165) is 5.69 Å². The summed E-state index contributed by atoms with van der Waals surface area (Å²) in [6.45, 7) is 0.281. The number of nitrogens with one attached hydrogen (secondary N) is 1. The van der Waals surface area contributed by atoms with Crippen LogP contribution in [0.25, 0.3) is 6.08 Å². The minimum absolute atomic E-state index is 0.216. The molecule has 1 saturated heterocycles. The first kappa shape index (κ1) is 15.7. The fraction of sp³-hybridized carbons (Fsp3) is 0.0588. The van der Waals surface area contributed by atoms with Gasteiger partial charge in [-0.15, -0.1) is 0 Å². The van der Waals surface area contributed by atoms with Crippen LogP contribution in [0.4, 0.5) is 10.1 Å². The van der Waals surface area contributed by atoms with E-state index in [9.17, 15) is 9.18 Å². The quantitative estimate of drug-likeness (QED) is 0.669. The highest BCUT2D eigenvalue weighted by molar-refractivity contribution is 8.26. The number of hydrogen-bond acceptors (Lipinski definition) is 4. The lowest BCUT2D eigenvalue weighted by molar-refractivity contribution is -0.121. The molecule has 1 amide bonds. The summed E-state index contributed by atoms with van der Waals surface area (Å²) in [7, 11) is 0. The number of halogens is 1. The van der Waals surface area contributed by atoms with Crippen molar-refractivity contribution < 1.29 is 9.18 Å². The Morgan fingerprint density at radius 1 is 1.13 bits per heavy atom. The van der Waals surface area contributed by atoms with Crippen LogP contribution in [0.2, 0.25) is 0 Å². The highest BCUT2D eigenvalue weighted by Gasteiger charge is 2.31. The standard InChI is InChI=1S/C17H13FN2OS2/c18-14-9-5-4-6-12(14)10-15-16(21)20(17(22)23-15)11-19-13-7-2-1-3-8-13/h1-10,19H,11H2/b15-10-. The largest absolute Gasteiger partial charge is 0.367 e. The molecule has 0 bridgehead atoms. The lowest BCUT2D eigenvalue weighted by Crippen LogP contribution is -2.33. The number of nitrogens with zero attached hydrogens (tertiary/aromatic N) is 1. The highest BCUT2D eigenvalue weighted by atomic mass is 32.2. The van der Waals surface area contributed by atoms with Gasteiger partial charge in [0, 0.05) is 11.3 Å². The third-order valence-corrected chi connectivity index (χ3v) is 4.66. The Morgan fingerprint density at radius 3 is 2.57 bits per heavy atom. The molecule has 0 unspecified atom stereocenters. The molecule has 2 aromatic rings. The van der Waals surface area contributed by atoms with Gasteiger partial charge in [-0.3, -0.25) is 9.69 Å². The van der Waals surface area contributed by atoms with Gasteiger partial charge < -0.3 is 5.32 Å². The molecule has 0 radical (unpaired) electrons. The molecule has 1 N–H and O–H groups in total. The lowest BCUT2D eigenvalue weighted by atomic mass is 10.2. The monoisotopic (exact) mass is 344 g/mol. The summed E-state index contributed by atoms with van der Waals surface area (Å²) in [4.78, 5) is 14.3. The second-order valence-electron chi connectivity index (χ2n) is 4.83. The number of para-hydroxylation sites is 1. The molecule has 23 heavy (non-hydrogen) atoms. The number of amides is 1. The van der Waals surface area contributed by atoms with Crippen molar-refractivity contribution in [1.82, 2.24) is 4.90 Å². The van der Waals surface area contributed by atoms with Crippen molar-refractivity contribution in [2.75, 3.05) is 12.0 Å². The van der Waals surface area contributed by atoms with Gasteiger partial charge in [-0.05, 0) is 24.3 Å². The molecule has 116 valence electrons. The van der Waals surface area contributed by atoms with Crippen LogP contribution in [0.1, 0.15) is 5.56 Å². The molecule has 0 aromatic heterocycles. The number of thioether (sulfide) groups is 1. The summed E-state index contributed by atoms with van der Waals surface area (Å²) in [5.74, 6) is -0.577. The zero-order chi connectivity index (χ0) is 16.2. The Morgan fingerprint density at radius 2 is 1.83 bits per heavy atom. The fourth-order valence-electron chi connectivity index (χ4n) is 2.10. The minimum atomic E-state index is -0.361. The molecular weight excluding hydrogens is 331 g/mol. The van der Waals surface area contributed by atoms with Crippen molar-refractivity contribution in [2.45, 2.75) is 0 Å². The van der Waals surface area contributed by atoms with E-state index in [1.54, 1.807) is 18.2 Å². The van der Waals surface area contributed by atoms with Gasteiger partial charge in [0.2, 0.25) is 0 Å². The van der Waals surface area contributed by atoms with Crippen molar-refractivity contribution in [3.8, 4) is 0 Å². The second-order valence-corrected chi connectivity index (χ2v) is 6.51. The zero-order valence-corrected chi connectivity index (χ0v) is 13.7. The van der Waals surface area contributed by atoms with Crippen LogP contribution in [-0.2, 0) is 4.79 Å². The maximum Gasteiger partial charge on any atom is 0.267 e. The Kier molecular flexibility index (Phi) is 4.73. The average Bonchev–Trinajstić information content (AvgIpc) is 2.82. The summed E-state index contributed by atoms with van der Waals surface area (Å²) in [5.41, 5.74) is 1.28. The van der Waals surface area contributed by atoms with E-state index in [1.165, 1.54) is 28.8 Å². The number of benzene rings is 2. The van der Waals surface area contributed by atoms with Gasteiger partial charge in [0.05, 0.1) is 11.6 Å². The van der Waals surface area contributed by atoms with Gasteiger partial charge in [-0.25, -0.2) is 4.39 Å². The first-order valence-electron chi connectivity index (χ1n) is 6.94. The maximum atomic E-state index is 13.7. The summed E-state index contributed by atoms with van der Waals surface area (Å²) < 4.78 is 14.2. The van der Waals surface area contributed by atoms with Crippen molar-refractivity contribution in [3.63, 3.8) is 0 Å². The van der Waals surface area contributed by atoms with Gasteiger partial charge in [-0.1, -0.05) is 60.4 Å². The zero-order valence-electron chi connectivity index (χ0n) is 12.0. The molecule has 1 heterocycles. The number of anilines is 1. The van der Waals surface area contributed by atoms with Crippen LogP contribution in [0, 0.1) is 5.82 Å². The van der Waals surface area contributed by atoms with Gasteiger partial charge in [0.1, 0.15) is 10.1 Å². The summed E-state index contributed by atoms with van der Waals surface area (Å²) >= 11 is 6.44. The number of carbonyl (C=O) groups excluding carboxylic acids is 1. The number of thiocarbonyl (C=S) groups is 1. The first-order valence-corrected chi connectivity index (χ1v) is 8.16. The molecule has 0 saturated carbocycles. The fourth-order valence-corrected chi connectivity index (χ4v) is 3.34. The molecule has 2 aromatic carbocycles. The topological polar surface area (TPSA) is 32.3 Å². The Labute approximate surface area is 143 Å². The Bertz CT molecular complexity index is 777. The predicted molar refractivity (Wildman–Crippen MR) is 96.3 cm³/mol. The Balaban J connectivity index is 1.74. The van der Waals surface area contributed by atoms with Crippen molar-refractivity contribution in [1.29, 1.82) is 0 Å². The molecular formula is C17H13FN2OS2. The van der Waals surface area contributed by atoms with E-state index in [-0.39, 0.29) is 18.4 Å². The van der Waals surface area contributed by atoms with E-state index >= 15 is 0 Å². The molecule has 1 aliphatic heterocycles.